The lowest BCUT2D eigenvalue weighted by Gasteiger charge is -2.31. The number of hydrogen-bond donors (Lipinski definition) is 2. The number of rotatable bonds is 3. The third-order valence-electron chi connectivity index (χ3n) is 2.27. The Labute approximate surface area is 78.8 Å². The molecule has 0 bridgehead atoms. The van der Waals surface area contributed by atoms with Gasteiger partial charge in [-0.1, -0.05) is 12.2 Å². The van der Waals surface area contributed by atoms with Gasteiger partial charge in [0.25, 0.3) is 0 Å². The average molecular weight is 183 g/mol. The fourth-order valence-corrected chi connectivity index (χ4v) is 1.39. The molecule has 0 saturated carbocycles. The van der Waals surface area contributed by atoms with Crippen molar-refractivity contribution in [1.82, 2.24) is 10.2 Å². The number of nitrogens with one attached hydrogen (secondary N) is 1. The van der Waals surface area contributed by atoms with Crippen LogP contribution in [0.25, 0.3) is 0 Å². The van der Waals surface area contributed by atoms with Crippen LogP contribution in [0.2, 0.25) is 0 Å². The van der Waals surface area contributed by atoms with Crippen LogP contribution in [-0.4, -0.2) is 43.0 Å². The molecule has 1 saturated heterocycles. The van der Waals surface area contributed by atoms with Crippen molar-refractivity contribution in [2.24, 2.45) is 5.73 Å². The average Bonchev–Trinajstić information content (AvgIpc) is 2.13. The summed E-state index contributed by atoms with van der Waals surface area (Å²) in [6.45, 7) is 4.96. The quantitative estimate of drug-likeness (QED) is 0.570. The van der Waals surface area contributed by atoms with Gasteiger partial charge < -0.3 is 11.1 Å². The molecule has 1 aliphatic rings. The van der Waals surface area contributed by atoms with Gasteiger partial charge >= 0.3 is 0 Å². The van der Waals surface area contributed by atoms with E-state index in [0.717, 1.165) is 19.6 Å². The molecule has 1 unspecified atom stereocenters. The SMILES string of the molecule is CC1C(=O)NCCN1CC=CCN. The van der Waals surface area contributed by atoms with Crippen molar-refractivity contribution < 1.29 is 4.79 Å². The molecule has 74 valence electrons. The van der Waals surface area contributed by atoms with Crippen molar-refractivity contribution in [3.63, 3.8) is 0 Å². The normalized spacial score (nSPS) is 25.1. The number of hydrogen-bond acceptors (Lipinski definition) is 3. The van der Waals surface area contributed by atoms with Crippen LogP contribution in [0.5, 0.6) is 0 Å². The van der Waals surface area contributed by atoms with E-state index in [1.54, 1.807) is 0 Å². The Hall–Kier alpha value is -0.870. The van der Waals surface area contributed by atoms with Crippen LogP contribution in [0, 0.1) is 0 Å². The van der Waals surface area contributed by atoms with Crippen molar-refractivity contribution in [2.75, 3.05) is 26.2 Å². The van der Waals surface area contributed by atoms with E-state index in [1.807, 2.05) is 19.1 Å². The lowest BCUT2D eigenvalue weighted by Crippen LogP contribution is -2.53. The van der Waals surface area contributed by atoms with Crippen LogP contribution in [0.15, 0.2) is 12.2 Å². The van der Waals surface area contributed by atoms with Crippen molar-refractivity contribution >= 4 is 5.91 Å². The van der Waals surface area contributed by atoms with E-state index >= 15 is 0 Å². The molecular formula is C9H17N3O. The number of carbonyl (C=O) groups excluding carboxylic acids is 1. The van der Waals surface area contributed by atoms with Gasteiger partial charge in [0.15, 0.2) is 0 Å². The van der Waals surface area contributed by atoms with Gasteiger partial charge in [-0.05, 0) is 6.92 Å². The standard InChI is InChI=1S/C9H17N3O/c1-8-9(13)11-5-7-12(8)6-3-2-4-10/h2-3,8H,4-7,10H2,1H3,(H,11,13). The van der Waals surface area contributed by atoms with Gasteiger partial charge in [-0.15, -0.1) is 0 Å². The highest BCUT2D eigenvalue weighted by Gasteiger charge is 2.23. The van der Waals surface area contributed by atoms with Crippen LogP contribution in [0.3, 0.4) is 0 Å². The van der Waals surface area contributed by atoms with Crippen molar-refractivity contribution in [3.05, 3.63) is 12.2 Å². The molecule has 1 amide bonds. The first-order valence-corrected chi connectivity index (χ1v) is 4.62. The Bertz CT molecular complexity index is 203. The molecule has 4 heteroatoms. The highest BCUT2D eigenvalue weighted by Crippen LogP contribution is 2.02. The Morgan fingerprint density at radius 2 is 2.46 bits per heavy atom. The van der Waals surface area contributed by atoms with E-state index in [9.17, 15) is 4.79 Å². The van der Waals surface area contributed by atoms with Gasteiger partial charge in [-0.3, -0.25) is 9.69 Å². The van der Waals surface area contributed by atoms with Crippen molar-refractivity contribution in [2.45, 2.75) is 13.0 Å². The van der Waals surface area contributed by atoms with E-state index in [-0.39, 0.29) is 11.9 Å². The molecule has 0 aromatic carbocycles. The van der Waals surface area contributed by atoms with Crippen LogP contribution < -0.4 is 11.1 Å². The summed E-state index contributed by atoms with van der Waals surface area (Å²) < 4.78 is 0. The fourth-order valence-electron chi connectivity index (χ4n) is 1.39. The summed E-state index contributed by atoms with van der Waals surface area (Å²) in [5.41, 5.74) is 5.32. The lowest BCUT2D eigenvalue weighted by atomic mass is 10.2. The molecule has 13 heavy (non-hydrogen) atoms. The van der Waals surface area contributed by atoms with Gasteiger partial charge in [-0.25, -0.2) is 0 Å². The van der Waals surface area contributed by atoms with Gasteiger partial charge in [-0.2, -0.15) is 0 Å². The number of carbonyl (C=O) groups is 1. The summed E-state index contributed by atoms with van der Waals surface area (Å²) in [6.07, 6.45) is 3.92. The molecule has 0 aromatic heterocycles. The van der Waals surface area contributed by atoms with E-state index in [0.29, 0.717) is 6.54 Å². The fraction of sp³-hybridized carbons (Fsp3) is 0.667. The summed E-state index contributed by atoms with van der Waals surface area (Å²) >= 11 is 0. The van der Waals surface area contributed by atoms with Crippen molar-refractivity contribution in [1.29, 1.82) is 0 Å². The maximum Gasteiger partial charge on any atom is 0.237 e. The lowest BCUT2D eigenvalue weighted by molar-refractivity contribution is -0.127. The molecule has 1 heterocycles. The molecule has 1 atom stereocenters. The summed E-state index contributed by atoms with van der Waals surface area (Å²) in [4.78, 5) is 13.4. The number of piperazine rings is 1. The Balaban J connectivity index is 2.39. The molecule has 1 fully saturated rings. The zero-order valence-corrected chi connectivity index (χ0v) is 7.99. The third-order valence-corrected chi connectivity index (χ3v) is 2.27. The second-order valence-electron chi connectivity index (χ2n) is 3.17. The molecule has 1 rings (SSSR count). The van der Waals surface area contributed by atoms with Gasteiger partial charge in [0.2, 0.25) is 5.91 Å². The molecule has 0 aliphatic carbocycles. The minimum Gasteiger partial charge on any atom is -0.353 e. The van der Waals surface area contributed by atoms with Crippen molar-refractivity contribution in [3.8, 4) is 0 Å². The summed E-state index contributed by atoms with van der Waals surface area (Å²) in [5, 5.41) is 2.82. The van der Waals surface area contributed by atoms with E-state index < -0.39 is 0 Å². The molecule has 0 radical (unpaired) electrons. The zero-order valence-electron chi connectivity index (χ0n) is 7.99. The van der Waals surface area contributed by atoms with Gasteiger partial charge in [0, 0.05) is 26.2 Å². The Morgan fingerprint density at radius 3 is 3.15 bits per heavy atom. The highest BCUT2D eigenvalue weighted by molar-refractivity contribution is 5.81. The predicted molar refractivity (Wildman–Crippen MR) is 52.2 cm³/mol. The first-order chi connectivity index (χ1) is 6.25. The largest absolute Gasteiger partial charge is 0.353 e. The van der Waals surface area contributed by atoms with E-state index in [1.165, 1.54) is 0 Å². The summed E-state index contributed by atoms with van der Waals surface area (Å²) in [5.74, 6) is 0.118. The minimum atomic E-state index is -0.0174. The van der Waals surface area contributed by atoms with E-state index in [4.69, 9.17) is 5.73 Å². The second kappa shape index (κ2) is 4.99. The Kier molecular flexibility index (Phi) is 3.92. The Morgan fingerprint density at radius 1 is 1.69 bits per heavy atom. The van der Waals surface area contributed by atoms with Crippen LogP contribution >= 0.6 is 0 Å². The molecule has 0 aromatic rings. The summed E-state index contributed by atoms with van der Waals surface area (Å²) in [6, 6.07) is -0.0174. The maximum atomic E-state index is 11.2. The predicted octanol–water partition coefficient (Wildman–Crippen LogP) is -0.678. The smallest absolute Gasteiger partial charge is 0.237 e. The first kappa shape index (κ1) is 10.2. The topological polar surface area (TPSA) is 58.4 Å². The van der Waals surface area contributed by atoms with Gasteiger partial charge in [0.1, 0.15) is 0 Å². The molecule has 1 aliphatic heterocycles. The molecule has 3 N–H and O–H groups in total. The molecular weight excluding hydrogens is 166 g/mol. The van der Waals surface area contributed by atoms with Crippen LogP contribution in [-0.2, 0) is 4.79 Å². The molecule has 0 spiro atoms. The van der Waals surface area contributed by atoms with Crippen LogP contribution in [0.4, 0.5) is 0 Å². The summed E-state index contributed by atoms with van der Waals surface area (Å²) in [7, 11) is 0. The minimum absolute atomic E-state index is 0.0174. The second-order valence-corrected chi connectivity index (χ2v) is 3.17. The maximum absolute atomic E-state index is 11.2. The monoisotopic (exact) mass is 183 g/mol. The van der Waals surface area contributed by atoms with Gasteiger partial charge in [0.05, 0.1) is 6.04 Å². The molecule has 4 nitrogen and oxygen atoms in total. The number of nitrogens with two attached hydrogens (primary N) is 1. The third kappa shape index (κ3) is 2.82. The van der Waals surface area contributed by atoms with Crippen LogP contribution in [0.1, 0.15) is 6.92 Å². The number of nitrogens with zero attached hydrogens (tertiary/aromatic N) is 1. The van der Waals surface area contributed by atoms with E-state index in [2.05, 4.69) is 10.2 Å². The number of amides is 1. The first-order valence-electron chi connectivity index (χ1n) is 4.62. The highest BCUT2D eigenvalue weighted by atomic mass is 16.2. The zero-order chi connectivity index (χ0) is 9.68.